The van der Waals surface area contributed by atoms with Gasteiger partial charge in [0.2, 0.25) is 0 Å². The van der Waals surface area contributed by atoms with Gasteiger partial charge in [-0.05, 0) is 67.8 Å². The van der Waals surface area contributed by atoms with Crippen molar-refractivity contribution in [3.63, 3.8) is 0 Å². The van der Waals surface area contributed by atoms with E-state index in [0.29, 0.717) is 22.0 Å². The number of nitrogens with one attached hydrogen (secondary N) is 1. The van der Waals surface area contributed by atoms with Crippen molar-refractivity contribution in [3.8, 4) is 0 Å². The van der Waals surface area contributed by atoms with Crippen LogP contribution >= 0.6 is 67.8 Å². The normalized spacial score (nSPS) is 13.8. The fourth-order valence-electron chi connectivity index (χ4n) is 1.65. The Morgan fingerprint density at radius 1 is 1.09 bits per heavy atom. The Kier molecular flexibility index (Phi) is 8.53. The predicted octanol–water partition coefficient (Wildman–Crippen LogP) is 0.191. The average Bonchev–Trinajstić information content (AvgIpc) is 2.50. The summed E-state index contributed by atoms with van der Waals surface area (Å²) in [5.74, 6) is -0.476. The summed E-state index contributed by atoms with van der Waals surface area (Å²) in [4.78, 5) is 12.3. The summed E-state index contributed by atoms with van der Waals surface area (Å²) in [5.41, 5.74) is 7.00. The Morgan fingerprint density at radius 2 is 1.68 bits per heavy atom. The molecule has 0 radical (unpaired) electrons. The molecule has 1 aromatic rings. The molecule has 0 bridgehead atoms. The van der Waals surface area contributed by atoms with E-state index in [1.807, 2.05) is 67.8 Å². The number of anilines is 1. The van der Waals surface area contributed by atoms with Crippen LogP contribution in [0.25, 0.3) is 0 Å². The number of hydrogen-bond donors (Lipinski definition) is 6. The zero-order valence-corrected chi connectivity index (χ0v) is 17.7. The van der Waals surface area contributed by atoms with E-state index in [9.17, 15) is 20.1 Å². The lowest BCUT2D eigenvalue weighted by Gasteiger charge is -2.20. The van der Waals surface area contributed by atoms with Crippen LogP contribution in [0.5, 0.6) is 0 Å². The summed E-state index contributed by atoms with van der Waals surface area (Å²) in [6.45, 7) is -1.06. The molecule has 7 nitrogen and oxygen atoms in total. The number of nitrogen functional groups attached to an aromatic ring is 1. The lowest BCUT2D eigenvalue weighted by molar-refractivity contribution is 0.0798. The third-order valence-corrected chi connectivity index (χ3v) is 6.23. The molecule has 0 aliphatic heterocycles. The third-order valence-electron chi connectivity index (χ3n) is 2.83. The summed E-state index contributed by atoms with van der Waals surface area (Å²) >= 11 is 5.82. The molecule has 1 aromatic carbocycles. The van der Waals surface area contributed by atoms with Crippen molar-refractivity contribution in [2.75, 3.05) is 25.5 Å². The number of benzene rings is 1. The number of carbonyl (C=O) groups is 1. The fourth-order valence-corrected chi connectivity index (χ4v) is 6.03. The molecule has 10 heteroatoms. The van der Waals surface area contributed by atoms with Gasteiger partial charge in [-0.25, -0.2) is 0 Å². The van der Waals surface area contributed by atoms with Gasteiger partial charge in [-0.15, -0.1) is 0 Å². The Balaban J connectivity index is 3.30. The fraction of sp³-hybridized carbons (Fsp3) is 0.417. The Morgan fingerprint density at radius 3 is 2.18 bits per heavy atom. The van der Waals surface area contributed by atoms with Crippen LogP contribution in [-0.4, -0.2) is 52.2 Å². The first kappa shape index (κ1) is 20.6. The molecule has 1 rings (SSSR count). The molecule has 2 unspecified atom stereocenters. The molecular formula is C12H15I3N2O5. The standard InChI is InChI=1S/C12H15I3N2O5/c13-8-6(5(21)3-19)9(14)11(16)10(15)7(8)12(22)17-1-4(20)2-18/h4-5,18-21H,1-3,16H2,(H,17,22). The summed E-state index contributed by atoms with van der Waals surface area (Å²) in [6.07, 6.45) is -2.20. The zero-order chi connectivity index (χ0) is 17.0. The number of halogens is 3. The van der Waals surface area contributed by atoms with E-state index in [0.717, 1.165) is 0 Å². The van der Waals surface area contributed by atoms with Crippen molar-refractivity contribution in [1.29, 1.82) is 0 Å². The maximum Gasteiger partial charge on any atom is 0.253 e. The van der Waals surface area contributed by atoms with Crippen molar-refractivity contribution in [2.24, 2.45) is 0 Å². The maximum atomic E-state index is 12.3. The Bertz CT molecular complexity index is 570. The Labute approximate surface area is 168 Å². The second-order valence-electron chi connectivity index (χ2n) is 4.39. The number of hydrogen-bond acceptors (Lipinski definition) is 6. The summed E-state index contributed by atoms with van der Waals surface area (Å²) in [6, 6.07) is 0. The second-order valence-corrected chi connectivity index (χ2v) is 7.63. The molecule has 0 heterocycles. The number of carbonyl (C=O) groups excluding carboxylic acids is 1. The topological polar surface area (TPSA) is 136 Å². The summed E-state index contributed by atoms with van der Waals surface area (Å²) < 4.78 is 1.59. The second kappa shape index (κ2) is 9.12. The first-order chi connectivity index (χ1) is 10.3. The molecule has 0 saturated heterocycles. The van der Waals surface area contributed by atoms with Crippen molar-refractivity contribution < 1.29 is 25.2 Å². The van der Waals surface area contributed by atoms with Gasteiger partial charge >= 0.3 is 0 Å². The van der Waals surface area contributed by atoms with E-state index in [4.69, 9.17) is 10.8 Å². The van der Waals surface area contributed by atoms with Gasteiger partial charge in [0, 0.05) is 19.2 Å². The SMILES string of the molecule is Nc1c(I)c(C(=O)NCC(O)CO)c(I)c(C(O)CO)c1I. The molecule has 1 amide bonds. The molecule has 0 fully saturated rings. The van der Waals surface area contributed by atoms with Gasteiger partial charge in [0.05, 0.1) is 34.1 Å². The predicted molar refractivity (Wildman–Crippen MR) is 106 cm³/mol. The van der Waals surface area contributed by atoms with Crippen molar-refractivity contribution in [2.45, 2.75) is 12.2 Å². The van der Waals surface area contributed by atoms with Crippen molar-refractivity contribution in [1.82, 2.24) is 5.32 Å². The van der Waals surface area contributed by atoms with Crippen LogP contribution in [0.4, 0.5) is 5.69 Å². The van der Waals surface area contributed by atoms with Gasteiger partial charge in [0.1, 0.15) is 6.10 Å². The van der Waals surface area contributed by atoms with Gasteiger partial charge in [-0.3, -0.25) is 4.79 Å². The van der Waals surface area contributed by atoms with Gasteiger partial charge in [-0.1, -0.05) is 0 Å². The smallest absolute Gasteiger partial charge is 0.253 e. The number of aliphatic hydroxyl groups excluding tert-OH is 4. The molecule has 0 aliphatic carbocycles. The number of aliphatic hydroxyl groups is 4. The third kappa shape index (κ3) is 4.54. The minimum Gasteiger partial charge on any atom is -0.397 e. The van der Waals surface area contributed by atoms with Crippen molar-refractivity contribution in [3.05, 3.63) is 21.8 Å². The number of nitrogens with two attached hydrogens (primary N) is 1. The van der Waals surface area contributed by atoms with Crippen LogP contribution in [-0.2, 0) is 0 Å². The number of rotatable bonds is 6. The molecule has 7 N–H and O–H groups in total. The van der Waals surface area contributed by atoms with Gasteiger partial charge < -0.3 is 31.5 Å². The lowest BCUT2D eigenvalue weighted by Crippen LogP contribution is -2.35. The van der Waals surface area contributed by atoms with E-state index >= 15 is 0 Å². The van der Waals surface area contributed by atoms with E-state index in [1.165, 1.54) is 0 Å². The van der Waals surface area contributed by atoms with E-state index in [2.05, 4.69) is 5.32 Å². The highest BCUT2D eigenvalue weighted by atomic mass is 127. The monoisotopic (exact) mass is 648 g/mol. The first-order valence-corrected chi connectivity index (χ1v) is 9.31. The molecule has 2 atom stereocenters. The van der Waals surface area contributed by atoms with Crippen LogP contribution in [0.2, 0.25) is 0 Å². The van der Waals surface area contributed by atoms with E-state index < -0.39 is 31.3 Å². The van der Waals surface area contributed by atoms with Crippen molar-refractivity contribution >= 4 is 79.4 Å². The minimum absolute atomic E-state index is 0.106. The average molecular weight is 648 g/mol. The quantitative estimate of drug-likeness (QED) is 0.193. The summed E-state index contributed by atoms with van der Waals surface area (Å²) in [7, 11) is 0. The van der Waals surface area contributed by atoms with Crippen LogP contribution in [0.15, 0.2) is 0 Å². The molecule has 0 spiro atoms. The highest BCUT2D eigenvalue weighted by Gasteiger charge is 2.26. The molecular weight excluding hydrogens is 633 g/mol. The maximum absolute atomic E-state index is 12.3. The van der Waals surface area contributed by atoms with Gasteiger partial charge in [0.15, 0.2) is 0 Å². The van der Waals surface area contributed by atoms with E-state index in [-0.39, 0.29) is 12.1 Å². The van der Waals surface area contributed by atoms with Gasteiger partial charge in [0.25, 0.3) is 5.91 Å². The molecule has 22 heavy (non-hydrogen) atoms. The zero-order valence-electron chi connectivity index (χ0n) is 11.2. The number of amides is 1. The van der Waals surface area contributed by atoms with Gasteiger partial charge in [-0.2, -0.15) is 0 Å². The van der Waals surface area contributed by atoms with E-state index in [1.54, 1.807) is 0 Å². The molecule has 124 valence electrons. The highest BCUT2D eigenvalue weighted by molar-refractivity contribution is 14.1. The van der Waals surface area contributed by atoms with Crippen LogP contribution in [0.3, 0.4) is 0 Å². The summed E-state index contributed by atoms with van der Waals surface area (Å²) in [5, 5.41) is 39.7. The van der Waals surface area contributed by atoms with Crippen LogP contribution in [0, 0.1) is 10.7 Å². The Hall–Kier alpha value is 0.520. The van der Waals surface area contributed by atoms with Crippen LogP contribution in [0.1, 0.15) is 22.0 Å². The minimum atomic E-state index is -1.15. The highest BCUT2D eigenvalue weighted by Crippen LogP contribution is 2.36. The first-order valence-electron chi connectivity index (χ1n) is 6.08. The largest absolute Gasteiger partial charge is 0.397 e. The molecule has 0 saturated carbocycles. The van der Waals surface area contributed by atoms with Crippen LogP contribution < -0.4 is 11.1 Å². The lowest BCUT2D eigenvalue weighted by atomic mass is 10.0. The molecule has 0 aromatic heterocycles. The molecule has 0 aliphatic rings.